The minimum atomic E-state index is -0.773. The maximum atomic E-state index is 12.5. The lowest BCUT2D eigenvalue weighted by molar-refractivity contribution is -0.124. The predicted octanol–water partition coefficient (Wildman–Crippen LogP) is 0.754. The molecule has 0 bridgehead atoms. The van der Waals surface area contributed by atoms with Crippen LogP contribution in [0, 0.1) is 0 Å². The highest BCUT2D eigenvalue weighted by molar-refractivity contribution is 5.81. The fraction of sp³-hybridized carbons (Fsp3) is 0.222. The van der Waals surface area contributed by atoms with E-state index < -0.39 is 6.04 Å². The van der Waals surface area contributed by atoms with Crippen LogP contribution in [0.2, 0.25) is 0 Å². The van der Waals surface area contributed by atoms with E-state index in [1.54, 1.807) is 31.2 Å². The second-order valence-electron chi connectivity index (χ2n) is 6.12. The topological polar surface area (TPSA) is 107 Å². The molecule has 0 spiro atoms. The smallest absolute Gasteiger partial charge is 0.278 e. The normalized spacial score (nSPS) is 12.3. The molecule has 1 N–H and O–H groups in total. The summed E-state index contributed by atoms with van der Waals surface area (Å²) in [4.78, 5) is 25.0. The lowest BCUT2D eigenvalue weighted by Crippen LogP contribution is -2.38. The Morgan fingerprint density at radius 3 is 2.81 bits per heavy atom. The van der Waals surface area contributed by atoms with Gasteiger partial charge in [-0.1, -0.05) is 23.4 Å². The second-order valence-corrected chi connectivity index (χ2v) is 6.12. The number of fused-ring (bicyclic) bond motifs is 2. The maximum absolute atomic E-state index is 12.5. The van der Waals surface area contributed by atoms with Crippen molar-refractivity contribution in [3.8, 4) is 0 Å². The molecule has 0 aliphatic carbocycles. The first-order chi connectivity index (χ1) is 13.1. The van der Waals surface area contributed by atoms with Crippen LogP contribution in [0.15, 0.2) is 53.5 Å². The van der Waals surface area contributed by atoms with Crippen LogP contribution in [-0.4, -0.2) is 42.0 Å². The molecule has 0 fully saturated rings. The summed E-state index contributed by atoms with van der Waals surface area (Å²) in [5, 5.41) is 19.4. The van der Waals surface area contributed by atoms with E-state index >= 15 is 0 Å². The Morgan fingerprint density at radius 2 is 1.93 bits per heavy atom. The van der Waals surface area contributed by atoms with Gasteiger partial charge in [-0.3, -0.25) is 14.0 Å². The summed E-state index contributed by atoms with van der Waals surface area (Å²) < 4.78 is 2.97. The third-order valence-electron chi connectivity index (χ3n) is 4.37. The van der Waals surface area contributed by atoms with Crippen molar-refractivity contribution < 1.29 is 4.79 Å². The number of pyridine rings is 1. The fourth-order valence-electron chi connectivity index (χ4n) is 2.87. The Balaban J connectivity index is 1.45. The van der Waals surface area contributed by atoms with Crippen LogP contribution in [0.1, 0.15) is 18.8 Å². The summed E-state index contributed by atoms with van der Waals surface area (Å²) >= 11 is 0. The molecule has 4 rings (SSSR count). The molecule has 9 nitrogen and oxygen atoms in total. The lowest BCUT2D eigenvalue weighted by Gasteiger charge is -2.13. The summed E-state index contributed by atoms with van der Waals surface area (Å²) in [6.07, 6.45) is 2.39. The monoisotopic (exact) mass is 363 g/mol. The zero-order valence-electron chi connectivity index (χ0n) is 14.6. The summed E-state index contributed by atoms with van der Waals surface area (Å²) in [7, 11) is 0. The highest BCUT2D eigenvalue weighted by Crippen LogP contribution is 2.07. The quantitative estimate of drug-likeness (QED) is 0.561. The summed E-state index contributed by atoms with van der Waals surface area (Å²) in [6.45, 7) is 1.99. The van der Waals surface area contributed by atoms with E-state index in [1.807, 2.05) is 28.8 Å². The van der Waals surface area contributed by atoms with E-state index in [0.29, 0.717) is 23.9 Å². The van der Waals surface area contributed by atoms with Crippen molar-refractivity contribution in [1.29, 1.82) is 0 Å². The molecule has 0 saturated carbocycles. The Hall–Kier alpha value is -3.62. The average molecular weight is 363 g/mol. The Bertz CT molecular complexity index is 1180. The number of nitrogens with zero attached hydrogens (tertiary/aromatic N) is 6. The van der Waals surface area contributed by atoms with Crippen LogP contribution in [0.25, 0.3) is 16.6 Å². The Kier molecular flexibility index (Phi) is 4.33. The summed E-state index contributed by atoms with van der Waals surface area (Å²) in [5.74, 6) is 0.441. The van der Waals surface area contributed by atoms with E-state index in [9.17, 15) is 9.59 Å². The summed E-state index contributed by atoms with van der Waals surface area (Å²) in [6, 6.07) is 11.8. The maximum Gasteiger partial charge on any atom is 0.278 e. The van der Waals surface area contributed by atoms with Gasteiger partial charge in [0, 0.05) is 19.2 Å². The first-order valence-corrected chi connectivity index (χ1v) is 8.56. The van der Waals surface area contributed by atoms with Crippen molar-refractivity contribution in [1.82, 2.24) is 34.9 Å². The number of nitrogens with one attached hydrogen (secondary N) is 1. The molecule has 136 valence electrons. The molecule has 1 atom stereocenters. The van der Waals surface area contributed by atoms with E-state index in [4.69, 9.17) is 0 Å². The van der Waals surface area contributed by atoms with E-state index in [1.165, 1.54) is 0 Å². The van der Waals surface area contributed by atoms with Gasteiger partial charge < -0.3 is 5.32 Å². The van der Waals surface area contributed by atoms with Crippen LogP contribution in [0.3, 0.4) is 0 Å². The Morgan fingerprint density at radius 1 is 1.11 bits per heavy atom. The van der Waals surface area contributed by atoms with Crippen molar-refractivity contribution in [2.24, 2.45) is 0 Å². The molecule has 9 heteroatoms. The molecule has 1 aromatic carbocycles. The summed E-state index contributed by atoms with van der Waals surface area (Å²) in [5.41, 5.74) is 0.918. The molecule has 0 radical (unpaired) electrons. The van der Waals surface area contributed by atoms with Crippen molar-refractivity contribution in [3.05, 3.63) is 64.8 Å². The van der Waals surface area contributed by atoms with Crippen LogP contribution in [0.4, 0.5) is 0 Å². The number of benzene rings is 1. The van der Waals surface area contributed by atoms with Crippen molar-refractivity contribution in [3.63, 3.8) is 0 Å². The van der Waals surface area contributed by atoms with E-state index in [0.717, 1.165) is 16.2 Å². The predicted molar refractivity (Wildman–Crippen MR) is 98.2 cm³/mol. The number of amides is 1. The zero-order chi connectivity index (χ0) is 18.8. The molecule has 3 heterocycles. The van der Waals surface area contributed by atoms with Gasteiger partial charge in [0.2, 0.25) is 5.91 Å². The number of rotatable bonds is 5. The van der Waals surface area contributed by atoms with Crippen LogP contribution in [0.5, 0.6) is 0 Å². The molecule has 3 aromatic heterocycles. The van der Waals surface area contributed by atoms with Gasteiger partial charge in [-0.2, -0.15) is 4.68 Å². The van der Waals surface area contributed by atoms with E-state index in [-0.39, 0.29) is 11.5 Å². The van der Waals surface area contributed by atoms with Gasteiger partial charge in [0.15, 0.2) is 5.65 Å². The zero-order valence-corrected chi connectivity index (χ0v) is 14.6. The largest absolute Gasteiger partial charge is 0.354 e. The van der Waals surface area contributed by atoms with Gasteiger partial charge in [-0.15, -0.1) is 15.3 Å². The molecule has 4 aromatic rings. The molecular formula is C18H17N7O2. The van der Waals surface area contributed by atoms with E-state index in [2.05, 4.69) is 25.8 Å². The second kappa shape index (κ2) is 6.94. The molecule has 0 saturated heterocycles. The first-order valence-electron chi connectivity index (χ1n) is 8.56. The Labute approximate surface area is 153 Å². The lowest BCUT2D eigenvalue weighted by atomic mass is 10.2. The van der Waals surface area contributed by atoms with Gasteiger partial charge in [-0.05, 0) is 31.2 Å². The first kappa shape index (κ1) is 16.8. The van der Waals surface area contributed by atoms with Gasteiger partial charge >= 0.3 is 0 Å². The highest BCUT2D eigenvalue weighted by Gasteiger charge is 2.19. The number of carbonyl (C=O) groups is 1. The number of hydrogen-bond acceptors (Lipinski definition) is 6. The molecule has 27 heavy (non-hydrogen) atoms. The standard InChI is InChI=1S/C18H17N7O2/c1-12(25-18(27)13-6-2-3-7-14(13)20-23-25)17(26)19-10-9-16-22-21-15-8-4-5-11-24(15)16/h2-8,11-12H,9-10H2,1H3,(H,19,26). The van der Waals surface area contributed by atoms with Crippen molar-refractivity contribution >= 4 is 22.5 Å². The van der Waals surface area contributed by atoms with Crippen LogP contribution >= 0.6 is 0 Å². The van der Waals surface area contributed by atoms with Crippen molar-refractivity contribution in [2.45, 2.75) is 19.4 Å². The van der Waals surface area contributed by atoms with Crippen molar-refractivity contribution in [2.75, 3.05) is 6.54 Å². The third kappa shape index (κ3) is 3.14. The molecule has 0 aliphatic rings. The highest BCUT2D eigenvalue weighted by atomic mass is 16.2. The molecule has 1 unspecified atom stereocenters. The minimum Gasteiger partial charge on any atom is -0.354 e. The molecular weight excluding hydrogens is 346 g/mol. The van der Waals surface area contributed by atoms with Gasteiger partial charge in [0.05, 0.1) is 5.39 Å². The number of hydrogen-bond donors (Lipinski definition) is 1. The van der Waals surface area contributed by atoms with Gasteiger partial charge in [0.25, 0.3) is 5.56 Å². The molecule has 1 amide bonds. The van der Waals surface area contributed by atoms with Crippen LogP contribution in [-0.2, 0) is 11.2 Å². The minimum absolute atomic E-state index is 0.310. The fourth-order valence-corrected chi connectivity index (χ4v) is 2.87. The molecule has 0 aliphatic heterocycles. The van der Waals surface area contributed by atoms with Gasteiger partial charge in [0.1, 0.15) is 17.4 Å². The number of carbonyl (C=O) groups excluding carboxylic acids is 1. The number of aromatic nitrogens is 6. The van der Waals surface area contributed by atoms with Gasteiger partial charge in [-0.25, -0.2) is 0 Å². The van der Waals surface area contributed by atoms with Crippen LogP contribution < -0.4 is 10.9 Å². The average Bonchev–Trinajstić information content (AvgIpc) is 3.11. The third-order valence-corrected chi connectivity index (χ3v) is 4.37. The SMILES string of the molecule is CC(C(=O)NCCc1nnc2ccccn12)n1nnc2ccccc2c1=O.